The highest BCUT2D eigenvalue weighted by atomic mass is 32.2. The smallest absolute Gasteiger partial charge is 0.174 e. The number of methoxy groups -OCH3 is 2. The first-order chi connectivity index (χ1) is 7.92. The monoisotopic (exact) mass is 255 g/mol. The molecular formula is C13H21NO2S. The van der Waals surface area contributed by atoms with Crippen LogP contribution in [-0.2, 0) is 6.42 Å². The van der Waals surface area contributed by atoms with Crippen LogP contribution in [0.3, 0.4) is 0 Å². The van der Waals surface area contributed by atoms with Crippen molar-refractivity contribution in [2.45, 2.75) is 30.7 Å². The van der Waals surface area contributed by atoms with E-state index >= 15 is 0 Å². The predicted octanol–water partition coefficient (Wildman–Crippen LogP) is 2.71. The number of thioether (sulfide) groups is 1. The Morgan fingerprint density at radius 1 is 1.18 bits per heavy atom. The summed E-state index contributed by atoms with van der Waals surface area (Å²) < 4.78 is 10.9. The summed E-state index contributed by atoms with van der Waals surface area (Å²) in [5, 5.41) is 0. The number of rotatable bonds is 5. The van der Waals surface area contributed by atoms with Crippen molar-refractivity contribution < 1.29 is 9.47 Å². The molecule has 0 bridgehead atoms. The summed E-state index contributed by atoms with van der Waals surface area (Å²) in [7, 11) is 3.32. The molecule has 0 spiro atoms. The minimum atomic E-state index is -0.265. The van der Waals surface area contributed by atoms with Crippen molar-refractivity contribution in [3.63, 3.8) is 0 Å². The van der Waals surface area contributed by atoms with Crippen LogP contribution in [0, 0.1) is 0 Å². The van der Waals surface area contributed by atoms with E-state index < -0.39 is 0 Å². The van der Waals surface area contributed by atoms with Gasteiger partial charge in [-0.1, -0.05) is 6.07 Å². The zero-order valence-corrected chi connectivity index (χ0v) is 12.0. The van der Waals surface area contributed by atoms with Gasteiger partial charge in [0.15, 0.2) is 11.5 Å². The molecule has 1 aromatic carbocycles. The van der Waals surface area contributed by atoms with Gasteiger partial charge < -0.3 is 15.2 Å². The van der Waals surface area contributed by atoms with Crippen LogP contribution in [-0.4, -0.2) is 26.0 Å². The first-order valence-electron chi connectivity index (χ1n) is 5.49. The lowest BCUT2D eigenvalue weighted by atomic mass is 9.95. The zero-order valence-electron chi connectivity index (χ0n) is 11.2. The van der Waals surface area contributed by atoms with E-state index in [1.165, 1.54) is 0 Å². The van der Waals surface area contributed by atoms with Crippen LogP contribution in [0.15, 0.2) is 17.0 Å². The third kappa shape index (κ3) is 3.54. The average molecular weight is 255 g/mol. The van der Waals surface area contributed by atoms with Crippen LogP contribution in [0.5, 0.6) is 11.5 Å². The second kappa shape index (κ2) is 5.65. The topological polar surface area (TPSA) is 44.5 Å². The lowest BCUT2D eigenvalue weighted by Gasteiger charge is -2.22. The van der Waals surface area contributed by atoms with Crippen molar-refractivity contribution in [3.8, 4) is 11.5 Å². The fourth-order valence-electron chi connectivity index (χ4n) is 1.79. The van der Waals surface area contributed by atoms with Crippen molar-refractivity contribution in [2.75, 3.05) is 20.5 Å². The van der Waals surface area contributed by atoms with Crippen LogP contribution < -0.4 is 15.2 Å². The quantitative estimate of drug-likeness (QED) is 0.822. The van der Waals surface area contributed by atoms with E-state index in [9.17, 15) is 0 Å². The van der Waals surface area contributed by atoms with Gasteiger partial charge in [-0.05, 0) is 38.2 Å². The maximum atomic E-state index is 6.05. The lowest BCUT2D eigenvalue weighted by molar-refractivity contribution is 0.342. The summed E-state index contributed by atoms with van der Waals surface area (Å²) in [6.07, 6.45) is 2.77. The Morgan fingerprint density at radius 3 is 2.18 bits per heavy atom. The molecule has 96 valence electrons. The van der Waals surface area contributed by atoms with Crippen LogP contribution in [0.1, 0.15) is 19.4 Å². The Morgan fingerprint density at radius 2 is 1.76 bits per heavy atom. The second-order valence-electron chi connectivity index (χ2n) is 4.66. The molecule has 0 saturated heterocycles. The molecule has 0 unspecified atom stereocenters. The fourth-order valence-corrected chi connectivity index (χ4v) is 2.36. The van der Waals surface area contributed by atoms with Crippen molar-refractivity contribution in [2.24, 2.45) is 5.73 Å². The first kappa shape index (κ1) is 14.2. The highest BCUT2D eigenvalue weighted by molar-refractivity contribution is 7.98. The Bertz CT molecular complexity index is 386. The largest absolute Gasteiger partial charge is 0.493 e. The van der Waals surface area contributed by atoms with Gasteiger partial charge in [0, 0.05) is 5.54 Å². The molecule has 0 saturated carbocycles. The van der Waals surface area contributed by atoms with Gasteiger partial charge in [-0.25, -0.2) is 0 Å². The van der Waals surface area contributed by atoms with Crippen LogP contribution >= 0.6 is 11.8 Å². The minimum Gasteiger partial charge on any atom is -0.493 e. The van der Waals surface area contributed by atoms with Gasteiger partial charge in [-0.2, -0.15) is 0 Å². The molecule has 0 aliphatic heterocycles. The number of nitrogens with two attached hydrogens (primary N) is 1. The van der Waals surface area contributed by atoms with Gasteiger partial charge >= 0.3 is 0 Å². The summed E-state index contributed by atoms with van der Waals surface area (Å²) in [6.45, 7) is 4.00. The average Bonchev–Trinajstić information content (AvgIpc) is 2.26. The third-order valence-corrected chi connectivity index (χ3v) is 3.19. The van der Waals surface area contributed by atoms with Crippen molar-refractivity contribution in [3.05, 3.63) is 17.7 Å². The Kier molecular flexibility index (Phi) is 4.71. The van der Waals surface area contributed by atoms with Gasteiger partial charge in [0.2, 0.25) is 0 Å². The molecule has 2 N–H and O–H groups in total. The summed E-state index contributed by atoms with van der Waals surface area (Å²) in [5.41, 5.74) is 6.87. The molecule has 3 nitrogen and oxygen atoms in total. The second-order valence-corrected chi connectivity index (χ2v) is 5.51. The Hall–Kier alpha value is -0.870. The van der Waals surface area contributed by atoms with Gasteiger partial charge in [0.25, 0.3) is 0 Å². The molecule has 1 aromatic rings. The van der Waals surface area contributed by atoms with E-state index in [2.05, 4.69) is 6.07 Å². The standard InChI is InChI=1S/C13H21NO2S/c1-13(2,14)8-9-6-7-10(17-5)12(16-4)11(9)15-3/h6-7H,8,14H2,1-5H3. The molecule has 0 fully saturated rings. The van der Waals surface area contributed by atoms with E-state index in [1.54, 1.807) is 26.0 Å². The molecule has 0 amide bonds. The number of hydrogen-bond acceptors (Lipinski definition) is 4. The maximum Gasteiger partial charge on any atom is 0.174 e. The minimum absolute atomic E-state index is 0.265. The molecule has 0 aromatic heterocycles. The molecular weight excluding hydrogens is 234 g/mol. The van der Waals surface area contributed by atoms with Crippen LogP contribution in [0.2, 0.25) is 0 Å². The van der Waals surface area contributed by atoms with Gasteiger partial charge in [-0.15, -0.1) is 11.8 Å². The van der Waals surface area contributed by atoms with E-state index in [-0.39, 0.29) is 5.54 Å². The van der Waals surface area contributed by atoms with Crippen molar-refractivity contribution in [1.29, 1.82) is 0 Å². The molecule has 0 radical (unpaired) electrons. The van der Waals surface area contributed by atoms with E-state index in [0.717, 1.165) is 28.4 Å². The maximum absolute atomic E-state index is 6.05. The highest BCUT2D eigenvalue weighted by Crippen LogP contribution is 2.40. The van der Waals surface area contributed by atoms with Gasteiger partial charge in [0.1, 0.15) is 0 Å². The van der Waals surface area contributed by atoms with E-state index in [1.807, 2.05) is 26.2 Å². The van der Waals surface area contributed by atoms with E-state index in [0.29, 0.717) is 0 Å². The number of hydrogen-bond donors (Lipinski definition) is 1. The summed E-state index contributed by atoms with van der Waals surface area (Å²) in [5.74, 6) is 1.58. The molecule has 0 aliphatic carbocycles. The third-order valence-electron chi connectivity index (χ3n) is 2.43. The first-order valence-corrected chi connectivity index (χ1v) is 6.72. The van der Waals surface area contributed by atoms with E-state index in [4.69, 9.17) is 15.2 Å². The number of ether oxygens (including phenoxy) is 2. The molecule has 1 rings (SSSR count). The molecule has 4 heteroatoms. The molecule has 17 heavy (non-hydrogen) atoms. The molecule has 0 aliphatic rings. The van der Waals surface area contributed by atoms with Crippen molar-refractivity contribution in [1.82, 2.24) is 0 Å². The lowest BCUT2D eigenvalue weighted by Crippen LogP contribution is -2.34. The highest BCUT2D eigenvalue weighted by Gasteiger charge is 2.19. The van der Waals surface area contributed by atoms with Gasteiger partial charge in [0.05, 0.1) is 19.1 Å². The van der Waals surface area contributed by atoms with Crippen LogP contribution in [0.25, 0.3) is 0 Å². The zero-order chi connectivity index (χ0) is 13.1. The predicted molar refractivity (Wildman–Crippen MR) is 73.3 cm³/mol. The Labute approximate surface area is 108 Å². The summed E-state index contributed by atoms with van der Waals surface area (Å²) in [4.78, 5) is 1.07. The Balaban J connectivity index is 3.23. The van der Waals surface area contributed by atoms with Crippen molar-refractivity contribution >= 4 is 11.8 Å². The molecule has 0 heterocycles. The summed E-state index contributed by atoms with van der Waals surface area (Å²) >= 11 is 1.64. The SMILES string of the molecule is COc1c(CC(C)(C)N)ccc(SC)c1OC. The fraction of sp³-hybridized carbons (Fsp3) is 0.538. The molecule has 0 atom stereocenters. The van der Waals surface area contributed by atoms with Crippen LogP contribution in [0.4, 0.5) is 0 Å². The number of benzene rings is 1. The van der Waals surface area contributed by atoms with Gasteiger partial charge in [-0.3, -0.25) is 0 Å². The normalized spacial score (nSPS) is 11.4. The summed E-state index contributed by atoms with van der Waals surface area (Å²) in [6, 6.07) is 4.11.